The largest absolute Gasteiger partial charge is 0.369 e. The quantitative estimate of drug-likeness (QED) is 0.640. The van der Waals surface area contributed by atoms with Gasteiger partial charge in [0.2, 0.25) is 5.91 Å². The van der Waals surface area contributed by atoms with Gasteiger partial charge in [0.05, 0.1) is 11.1 Å². The van der Waals surface area contributed by atoms with Gasteiger partial charge in [-0.1, -0.05) is 36.4 Å². The summed E-state index contributed by atoms with van der Waals surface area (Å²) in [6, 6.07) is 10.9. The van der Waals surface area contributed by atoms with E-state index in [4.69, 9.17) is 5.73 Å². The van der Waals surface area contributed by atoms with E-state index in [1.54, 1.807) is 0 Å². The molecule has 2 heterocycles. The highest BCUT2D eigenvalue weighted by molar-refractivity contribution is 5.86. The summed E-state index contributed by atoms with van der Waals surface area (Å²) in [7, 11) is 0. The molecule has 0 aromatic heterocycles. The minimum atomic E-state index is -0.696. The summed E-state index contributed by atoms with van der Waals surface area (Å²) >= 11 is 0. The van der Waals surface area contributed by atoms with E-state index < -0.39 is 5.41 Å². The van der Waals surface area contributed by atoms with Gasteiger partial charge < -0.3 is 15.5 Å². The Balaban J connectivity index is 1.83. The normalized spacial score (nSPS) is 17.6. The lowest BCUT2D eigenvalue weighted by atomic mass is 9.73. The zero-order valence-corrected chi connectivity index (χ0v) is 18.8. The predicted molar refractivity (Wildman–Crippen MR) is 123 cm³/mol. The Morgan fingerprint density at radius 1 is 1.10 bits per heavy atom. The van der Waals surface area contributed by atoms with Crippen LogP contribution in [0.2, 0.25) is 0 Å². The van der Waals surface area contributed by atoms with Crippen LogP contribution in [0.1, 0.15) is 46.1 Å². The molecule has 1 amide bonds. The molecule has 2 aliphatic rings. The van der Waals surface area contributed by atoms with Gasteiger partial charge in [-0.25, -0.2) is 0 Å². The van der Waals surface area contributed by atoms with E-state index in [9.17, 15) is 4.79 Å². The number of rotatable bonds is 10. The number of allylic oxidation sites excluding steroid dienone is 1. The van der Waals surface area contributed by atoms with Crippen LogP contribution in [0.25, 0.3) is 0 Å². The average Bonchev–Trinajstić information content (AvgIpc) is 3.18. The molecule has 3 rings (SSSR count). The van der Waals surface area contributed by atoms with Crippen molar-refractivity contribution in [2.45, 2.75) is 58.0 Å². The average molecular weight is 409 g/mol. The van der Waals surface area contributed by atoms with Gasteiger partial charge in [-0.2, -0.15) is 0 Å². The van der Waals surface area contributed by atoms with Gasteiger partial charge in [0.1, 0.15) is 0 Å². The Labute approximate surface area is 181 Å². The first kappa shape index (κ1) is 22.2. The number of fused-ring (bicyclic) bond motifs is 1. The van der Waals surface area contributed by atoms with Crippen molar-refractivity contribution in [3.8, 4) is 0 Å². The Morgan fingerprint density at radius 3 is 2.43 bits per heavy atom. The molecule has 0 radical (unpaired) electrons. The summed E-state index contributed by atoms with van der Waals surface area (Å²) < 4.78 is 0. The molecule has 0 saturated heterocycles. The molecule has 0 spiro atoms. The maximum Gasteiger partial charge on any atom is 0.228 e. The lowest BCUT2D eigenvalue weighted by Crippen LogP contribution is -2.47. The first-order chi connectivity index (χ1) is 14.3. The second-order valence-corrected chi connectivity index (χ2v) is 8.88. The highest BCUT2D eigenvalue weighted by Gasteiger charge is 2.39. The Morgan fingerprint density at radius 2 is 1.80 bits per heavy atom. The van der Waals surface area contributed by atoms with Gasteiger partial charge in [-0.3, -0.25) is 9.69 Å². The third-order valence-electron chi connectivity index (χ3n) is 6.38. The van der Waals surface area contributed by atoms with Crippen LogP contribution in [0.3, 0.4) is 0 Å². The smallest absolute Gasteiger partial charge is 0.228 e. The molecule has 1 atom stereocenters. The van der Waals surface area contributed by atoms with E-state index >= 15 is 0 Å². The highest BCUT2D eigenvalue weighted by Crippen LogP contribution is 2.34. The minimum Gasteiger partial charge on any atom is -0.369 e. The third kappa shape index (κ3) is 4.78. The lowest BCUT2D eigenvalue weighted by Gasteiger charge is -2.38. The molecule has 1 unspecified atom stereocenters. The molecule has 1 aromatic carbocycles. The summed E-state index contributed by atoms with van der Waals surface area (Å²) in [5.74, 6) is -0.239. The molecule has 1 aromatic rings. The van der Waals surface area contributed by atoms with Crippen LogP contribution in [-0.2, 0) is 10.2 Å². The molecule has 162 valence electrons. The van der Waals surface area contributed by atoms with Crippen LogP contribution >= 0.6 is 0 Å². The fourth-order valence-corrected chi connectivity index (χ4v) is 4.58. The maximum absolute atomic E-state index is 13.0. The van der Waals surface area contributed by atoms with Gasteiger partial charge in [0, 0.05) is 50.3 Å². The van der Waals surface area contributed by atoms with Crippen molar-refractivity contribution < 1.29 is 4.79 Å². The SMILES string of the molecule is CC(C)N(CCC(CCN1C=CN2CC=CC2=C1)(C(N)=O)c1ccccc1)C(C)C. The van der Waals surface area contributed by atoms with Crippen LogP contribution in [0.15, 0.2) is 66.8 Å². The van der Waals surface area contributed by atoms with Crippen molar-refractivity contribution >= 4 is 5.91 Å². The number of hydrogen-bond donors (Lipinski definition) is 1. The Kier molecular flexibility index (Phi) is 7.03. The van der Waals surface area contributed by atoms with Crippen molar-refractivity contribution in [2.75, 3.05) is 19.6 Å². The Bertz CT molecular complexity index is 804. The molecule has 0 fully saturated rings. The van der Waals surface area contributed by atoms with Crippen molar-refractivity contribution in [1.29, 1.82) is 0 Å². The zero-order chi connectivity index (χ0) is 21.7. The number of nitrogens with zero attached hydrogens (tertiary/aromatic N) is 3. The van der Waals surface area contributed by atoms with Crippen LogP contribution in [-0.4, -0.2) is 52.3 Å². The number of nitrogens with two attached hydrogens (primary N) is 1. The molecule has 30 heavy (non-hydrogen) atoms. The van der Waals surface area contributed by atoms with Crippen molar-refractivity contribution in [2.24, 2.45) is 5.73 Å². The van der Waals surface area contributed by atoms with Gasteiger partial charge >= 0.3 is 0 Å². The van der Waals surface area contributed by atoms with Crippen molar-refractivity contribution in [3.63, 3.8) is 0 Å². The molecule has 2 aliphatic heterocycles. The summed E-state index contributed by atoms with van der Waals surface area (Å²) in [5.41, 5.74) is 7.62. The van der Waals surface area contributed by atoms with E-state index in [2.05, 4.69) is 73.1 Å². The zero-order valence-electron chi connectivity index (χ0n) is 18.8. The van der Waals surface area contributed by atoms with E-state index in [0.717, 1.165) is 25.2 Å². The first-order valence-electron chi connectivity index (χ1n) is 11.0. The monoisotopic (exact) mass is 408 g/mol. The van der Waals surface area contributed by atoms with Crippen LogP contribution in [0.4, 0.5) is 0 Å². The van der Waals surface area contributed by atoms with E-state index in [-0.39, 0.29) is 5.91 Å². The number of amides is 1. The van der Waals surface area contributed by atoms with Crippen molar-refractivity contribution in [3.05, 3.63) is 72.3 Å². The minimum absolute atomic E-state index is 0.239. The number of benzene rings is 1. The molecule has 5 nitrogen and oxygen atoms in total. The molecule has 2 N–H and O–H groups in total. The molecule has 0 bridgehead atoms. The summed E-state index contributed by atoms with van der Waals surface area (Å²) in [4.78, 5) is 19.8. The maximum atomic E-state index is 13.0. The topological polar surface area (TPSA) is 52.8 Å². The summed E-state index contributed by atoms with van der Waals surface area (Å²) in [6.45, 7) is 11.3. The standard InChI is InChI=1S/C25H36N4O/c1-20(2)29(21(3)4)16-13-25(24(26)30,22-9-6-5-7-10-22)12-15-27-17-18-28-14-8-11-23(28)19-27/h5-11,17-21H,12-16H2,1-4H3,(H2,26,30). The van der Waals surface area contributed by atoms with Crippen LogP contribution < -0.4 is 5.73 Å². The van der Waals surface area contributed by atoms with Crippen LogP contribution in [0, 0.1) is 0 Å². The number of primary amides is 1. The second-order valence-electron chi connectivity index (χ2n) is 8.88. The third-order valence-corrected chi connectivity index (χ3v) is 6.38. The Hall–Kier alpha value is -2.53. The fraction of sp³-hybridized carbons (Fsp3) is 0.480. The second kappa shape index (κ2) is 9.52. The molecular weight excluding hydrogens is 372 g/mol. The van der Waals surface area contributed by atoms with E-state index in [1.807, 2.05) is 30.3 Å². The van der Waals surface area contributed by atoms with Gasteiger partial charge in [0.25, 0.3) is 0 Å². The van der Waals surface area contributed by atoms with Crippen molar-refractivity contribution in [1.82, 2.24) is 14.7 Å². The fourth-order valence-electron chi connectivity index (χ4n) is 4.58. The van der Waals surface area contributed by atoms with Gasteiger partial charge in [0.15, 0.2) is 0 Å². The number of carbonyl (C=O) groups is 1. The van der Waals surface area contributed by atoms with Crippen LogP contribution in [0.5, 0.6) is 0 Å². The predicted octanol–water partition coefficient (Wildman–Crippen LogP) is 3.81. The lowest BCUT2D eigenvalue weighted by molar-refractivity contribution is -0.124. The van der Waals surface area contributed by atoms with Gasteiger partial charge in [-0.15, -0.1) is 0 Å². The molecule has 0 saturated carbocycles. The van der Waals surface area contributed by atoms with E-state index in [0.29, 0.717) is 24.9 Å². The molecule has 0 aliphatic carbocycles. The first-order valence-corrected chi connectivity index (χ1v) is 11.0. The summed E-state index contributed by atoms with van der Waals surface area (Å²) in [5, 5.41) is 0. The summed E-state index contributed by atoms with van der Waals surface area (Å²) in [6.07, 6.45) is 12.0. The van der Waals surface area contributed by atoms with E-state index in [1.165, 1.54) is 5.70 Å². The molecule has 5 heteroatoms. The number of carbonyl (C=O) groups excluding carboxylic acids is 1. The highest BCUT2D eigenvalue weighted by atomic mass is 16.1. The molecular formula is C25H36N4O. The van der Waals surface area contributed by atoms with Gasteiger partial charge in [-0.05, 0) is 52.2 Å². The number of hydrogen-bond acceptors (Lipinski definition) is 4.